The van der Waals surface area contributed by atoms with Crippen molar-refractivity contribution in [3.8, 4) is 0 Å². The zero-order valence-electron chi connectivity index (χ0n) is 11.5. The minimum Gasteiger partial charge on any atom is -0.314 e. The lowest BCUT2D eigenvalue weighted by Gasteiger charge is -2.26. The first-order valence-corrected chi connectivity index (χ1v) is 7.90. The van der Waals surface area contributed by atoms with Crippen molar-refractivity contribution in [2.24, 2.45) is 0 Å². The van der Waals surface area contributed by atoms with Crippen molar-refractivity contribution < 1.29 is 0 Å². The maximum absolute atomic E-state index is 3.39. The number of piperazine rings is 1. The number of nitrogens with zero attached hydrogens (tertiary/aromatic N) is 1. The Morgan fingerprint density at radius 1 is 1.17 bits per heavy atom. The number of thioether (sulfide) groups is 1. The fourth-order valence-electron chi connectivity index (χ4n) is 2.18. The van der Waals surface area contributed by atoms with Crippen LogP contribution in [0, 0.1) is 0 Å². The van der Waals surface area contributed by atoms with Crippen LogP contribution in [0.3, 0.4) is 0 Å². The van der Waals surface area contributed by atoms with E-state index in [2.05, 4.69) is 48.3 Å². The Balaban J connectivity index is 1.72. The third-order valence-corrected chi connectivity index (χ3v) is 4.42. The zero-order chi connectivity index (χ0) is 12.8. The van der Waals surface area contributed by atoms with Crippen molar-refractivity contribution in [1.82, 2.24) is 10.2 Å². The second kappa shape index (κ2) is 7.17. The molecule has 1 fully saturated rings. The van der Waals surface area contributed by atoms with E-state index < -0.39 is 0 Å². The summed E-state index contributed by atoms with van der Waals surface area (Å²) in [7, 11) is 0. The fourth-order valence-corrected chi connectivity index (χ4v) is 3.09. The molecule has 1 heterocycles. The topological polar surface area (TPSA) is 15.3 Å². The van der Waals surface area contributed by atoms with Crippen molar-refractivity contribution >= 4 is 11.8 Å². The highest BCUT2D eigenvalue weighted by Crippen LogP contribution is 2.21. The van der Waals surface area contributed by atoms with Crippen LogP contribution in [0.4, 0.5) is 0 Å². The molecule has 0 saturated carbocycles. The molecule has 0 aromatic heterocycles. The summed E-state index contributed by atoms with van der Waals surface area (Å²) < 4.78 is 0. The predicted molar refractivity (Wildman–Crippen MR) is 80.6 cm³/mol. The molecule has 1 aromatic rings. The van der Waals surface area contributed by atoms with E-state index in [9.17, 15) is 0 Å². The van der Waals surface area contributed by atoms with Gasteiger partial charge in [0.25, 0.3) is 0 Å². The molecule has 2 nitrogen and oxygen atoms in total. The third-order valence-electron chi connectivity index (χ3n) is 3.43. The molecule has 0 unspecified atom stereocenters. The van der Waals surface area contributed by atoms with Crippen LogP contribution in [0.5, 0.6) is 0 Å². The normalized spacial score (nSPS) is 17.3. The number of hydrogen-bond donors (Lipinski definition) is 1. The van der Waals surface area contributed by atoms with Crippen LogP contribution in [-0.4, -0.2) is 43.4 Å². The molecular formula is C15H24N2S. The van der Waals surface area contributed by atoms with Gasteiger partial charge in [-0.3, -0.25) is 4.90 Å². The van der Waals surface area contributed by atoms with Gasteiger partial charge in [0.05, 0.1) is 0 Å². The summed E-state index contributed by atoms with van der Waals surface area (Å²) in [4.78, 5) is 3.95. The largest absolute Gasteiger partial charge is 0.314 e. The van der Waals surface area contributed by atoms with E-state index in [0.29, 0.717) is 5.92 Å². The molecule has 2 rings (SSSR count). The minimum atomic E-state index is 0.630. The molecule has 0 radical (unpaired) electrons. The van der Waals surface area contributed by atoms with Crippen LogP contribution in [0.15, 0.2) is 29.2 Å². The standard InChI is InChI=1S/C15H24N2S/c1-13(2)14-3-5-15(6-4-14)18-12-11-17-9-7-16-8-10-17/h3-6,13,16H,7-12H2,1-2H3. The van der Waals surface area contributed by atoms with Gasteiger partial charge in [0.15, 0.2) is 0 Å². The van der Waals surface area contributed by atoms with Crippen molar-refractivity contribution in [3.05, 3.63) is 29.8 Å². The van der Waals surface area contributed by atoms with Gasteiger partial charge in [0.2, 0.25) is 0 Å². The summed E-state index contributed by atoms with van der Waals surface area (Å²) in [6.07, 6.45) is 0. The molecule has 0 amide bonds. The van der Waals surface area contributed by atoms with Gasteiger partial charge in [-0.25, -0.2) is 0 Å². The Morgan fingerprint density at radius 2 is 1.83 bits per heavy atom. The van der Waals surface area contributed by atoms with Gasteiger partial charge in [-0.2, -0.15) is 0 Å². The second-order valence-corrected chi connectivity index (χ2v) is 6.33. The van der Waals surface area contributed by atoms with Crippen molar-refractivity contribution in [2.75, 3.05) is 38.5 Å². The first-order valence-electron chi connectivity index (χ1n) is 6.91. The van der Waals surface area contributed by atoms with E-state index in [1.807, 2.05) is 11.8 Å². The van der Waals surface area contributed by atoms with Crippen LogP contribution >= 0.6 is 11.8 Å². The molecule has 3 heteroatoms. The molecular weight excluding hydrogens is 240 g/mol. The van der Waals surface area contributed by atoms with Crippen LogP contribution < -0.4 is 5.32 Å². The zero-order valence-corrected chi connectivity index (χ0v) is 12.3. The smallest absolute Gasteiger partial charge is 0.0108 e. The van der Waals surface area contributed by atoms with Crippen molar-refractivity contribution in [3.63, 3.8) is 0 Å². The van der Waals surface area contributed by atoms with E-state index in [1.54, 1.807) is 0 Å². The highest BCUT2D eigenvalue weighted by atomic mass is 32.2. The second-order valence-electron chi connectivity index (χ2n) is 5.16. The molecule has 18 heavy (non-hydrogen) atoms. The Morgan fingerprint density at radius 3 is 2.44 bits per heavy atom. The average Bonchev–Trinajstić information content (AvgIpc) is 2.40. The number of nitrogens with one attached hydrogen (secondary N) is 1. The molecule has 1 aliphatic rings. The summed E-state index contributed by atoms with van der Waals surface area (Å²) in [6.45, 7) is 10.4. The average molecular weight is 264 g/mol. The van der Waals surface area contributed by atoms with Crippen LogP contribution in [0.1, 0.15) is 25.3 Å². The predicted octanol–water partition coefficient (Wildman–Crippen LogP) is 2.81. The SMILES string of the molecule is CC(C)c1ccc(SCCN2CCNCC2)cc1. The molecule has 0 bridgehead atoms. The number of hydrogen-bond acceptors (Lipinski definition) is 3. The van der Waals surface area contributed by atoms with Crippen LogP contribution in [-0.2, 0) is 0 Å². The Bertz CT molecular complexity index is 342. The molecule has 0 aliphatic carbocycles. The van der Waals surface area contributed by atoms with E-state index in [0.717, 1.165) is 13.1 Å². The van der Waals surface area contributed by atoms with E-state index in [4.69, 9.17) is 0 Å². The first kappa shape index (κ1) is 13.9. The van der Waals surface area contributed by atoms with E-state index in [-0.39, 0.29) is 0 Å². The summed E-state index contributed by atoms with van der Waals surface area (Å²) in [5.74, 6) is 1.82. The van der Waals surface area contributed by atoms with E-state index in [1.165, 1.54) is 35.8 Å². The van der Waals surface area contributed by atoms with Crippen molar-refractivity contribution in [2.45, 2.75) is 24.7 Å². The van der Waals surface area contributed by atoms with Gasteiger partial charge < -0.3 is 5.32 Å². The summed E-state index contributed by atoms with van der Waals surface area (Å²) in [6, 6.07) is 9.05. The van der Waals surface area contributed by atoms with Gasteiger partial charge in [-0.15, -0.1) is 11.8 Å². The summed E-state index contributed by atoms with van der Waals surface area (Å²) in [5.41, 5.74) is 1.43. The minimum absolute atomic E-state index is 0.630. The van der Waals surface area contributed by atoms with Crippen LogP contribution in [0.25, 0.3) is 0 Å². The maximum atomic E-state index is 3.39. The fraction of sp³-hybridized carbons (Fsp3) is 0.600. The molecule has 1 aliphatic heterocycles. The first-order chi connectivity index (χ1) is 8.75. The maximum Gasteiger partial charge on any atom is 0.0108 e. The molecule has 0 spiro atoms. The number of benzene rings is 1. The lowest BCUT2D eigenvalue weighted by molar-refractivity contribution is 0.255. The van der Waals surface area contributed by atoms with Gasteiger partial charge in [0, 0.05) is 43.4 Å². The van der Waals surface area contributed by atoms with Gasteiger partial charge in [-0.1, -0.05) is 26.0 Å². The highest BCUT2D eigenvalue weighted by molar-refractivity contribution is 7.99. The number of rotatable bonds is 5. The molecule has 1 saturated heterocycles. The molecule has 1 aromatic carbocycles. The van der Waals surface area contributed by atoms with Crippen molar-refractivity contribution in [1.29, 1.82) is 0 Å². The van der Waals surface area contributed by atoms with E-state index >= 15 is 0 Å². The lowest BCUT2D eigenvalue weighted by atomic mass is 10.0. The molecule has 0 atom stereocenters. The third kappa shape index (κ3) is 4.30. The highest BCUT2D eigenvalue weighted by Gasteiger charge is 2.08. The monoisotopic (exact) mass is 264 g/mol. The van der Waals surface area contributed by atoms with Gasteiger partial charge in [0.1, 0.15) is 0 Å². The van der Waals surface area contributed by atoms with Gasteiger partial charge in [-0.05, 0) is 23.6 Å². The van der Waals surface area contributed by atoms with Crippen LogP contribution in [0.2, 0.25) is 0 Å². The Hall–Kier alpha value is -0.510. The Labute approximate surface area is 115 Å². The molecule has 100 valence electrons. The summed E-state index contributed by atoms with van der Waals surface area (Å²) in [5, 5.41) is 3.39. The Kier molecular flexibility index (Phi) is 5.54. The lowest BCUT2D eigenvalue weighted by Crippen LogP contribution is -2.44. The molecule has 1 N–H and O–H groups in total. The quantitative estimate of drug-likeness (QED) is 0.823. The van der Waals surface area contributed by atoms with Gasteiger partial charge >= 0.3 is 0 Å². The summed E-state index contributed by atoms with van der Waals surface area (Å²) >= 11 is 1.97.